The highest BCUT2D eigenvalue weighted by atomic mass is 16.5. The van der Waals surface area contributed by atoms with Crippen LogP contribution in [0.2, 0.25) is 0 Å². The van der Waals surface area contributed by atoms with Gasteiger partial charge in [0, 0.05) is 19.4 Å². The van der Waals surface area contributed by atoms with Crippen molar-refractivity contribution >= 4 is 11.9 Å². The fourth-order valence-corrected chi connectivity index (χ4v) is 3.62. The third kappa shape index (κ3) is 13.8. The summed E-state index contributed by atoms with van der Waals surface area (Å²) in [5, 5.41) is 0. The fraction of sp³-hybridized carbons (Fsp3) is 0.833. The zero-order valence-electron chi connectivity index (χ0n) is 18.3. The molecule has 1 amide bonds. The number of unbranched alkanes of at least 4 members (excludes halogenated alkanes) is 11. The van der Waals surface area contributed by atoms with E-state index in [-0.39, 0.29) is 11.9 Å². The Labute approximate surface area is 173 Å². The first-order chi connectivity index (χ1) is 13.7. The van der Waals surface area contributed by atoms with E-state index in [9.17, 15) is 9.59 Å². The molecule has 0 spiro atoms. The molecule has 0 aromatic carbocycles. The third-order valence-electron chi connectivity index (χ3n) is 5.44. The predicted octanol–water partition coefficient (Wildman–Crippen LogP) is 6.19. The van der Waals surface area contributed by atoms with Crippen LogP contribution in [-0.2, 0) is 14.3 Å². The summed E-state index contributed by atoms with van der Waals surface area (Å²) in [7, 11) is 0. The molecule has 0 saturated carbocycles. The van der Waals surface area contributed by atoms with Crippen LogP contribution in [-0.4, -0.2) is 36.5 Å². The Morgan fingerprint density at radius 2 is 1.54 bits per heavy atom. The minimum Gasteiger partial charge on any atom is -0.464 e. The van der Waals surface area contributed by atoms with Crippen LogP contribution < -0.4 is 0 Å². The number of hydrogen-bond acceptors (Lipinski definition) is 3. The second-order valence-electron chi connectivity index (χ2n) is 8.04. The van der Waals surface area contributed by atoms with E-state index in [0.29, 0.717) is 26.0 Å². The molecule has 4 heteroatoms. The van der Waals surface area contributed by atoms with E-state index in [1.165, 1.54) is 70.6 Å². The van der Waals surface area contributed by atoms with E-state index in [4.69, 9.17) is 4.74 Å². The number of carbonyl (C=O) groups excluding carboxylic acids is 2. The van der Waals surface area contributed by atoms with Gasteiger partial charge in [0.1, 0.15) is 6.61 Å². The molecule has 0 atom stereocenters. The lowest BCUT2D eigenvalue weighted by Crippen LogP contribution is -2.29. The Balaban J connectivity index is 1.79. The van der Waals surface area contributed by atoms with Crippen LogP contribution in [0, 0.1) is 0 Å². The van der Waals surface area contributed by atoms with Gasteiger partial charge in [0.25, 0.3) is 0 Å². The van der Waals surface area contributed by atoms with Crippen molar-refractivity contribution in [1.29, 1.82) is 0 Å². The first-order valence-electron chi connectivity index (χ1n) is 11.8. The number of carbonyl (C=O) groups is 2. The van der Waals surface area contributed by atoms with Crippen molar-refractivity contribution in [1.82, 2.24) is 4.90 Å². The predicted molar refractivity (Wildman–Crippen MR) is 116 cm³/mol. The molecule has 1 heterocycles. The van der Waals surface area contributed by atoms with Gasteiger partial charge in [-0.25, -0.2) is 0 Å². The van der Waals surface area contributed by atoms with Crippen molar-refractivity contribution in [2.45, 2.75) is 110 Å². The first-order valence-corrected chi connectivity index (χ1v) is 11.8. The molecular weight excluding hydrogens is 350 g/mol. The highest BCUT2D eigenvalue weighted by molar-refractivity contribution is 5.78. The third-order valence-corrected chi connectivity index (χ3v) is 5.44. The summed E-state index contributed by atoms with van der Waals surface area (Å²) in [5.41, 5.74) is 0. The Morgan fingerprint density at radius 1 is 0.929 bits per heavy atom. The maximum absolute atomic E-state index is 11.7. The van der Waals surface area contributed by atoms with Crippen molar-refractivity contribution in [2.75, 3.05) is 19.7 Å². The van der Waals surface area contributed by atoms with Gasteiger partial charge in [-0.2, -0.15) is 0 Å². The maximum Gasteiger partial charge on any atom is 0.305 e. The second-order valence-corrected chi connectivity index (χ2v) is 8.04. The molecule has 1 fully saturated rings. The summed E-state index contributed by atoms with van der Waals surface area (Å²) in [4.78, 5) is 24.9. The molecule has 0 radical (unpaired) electrons. The minimum absolute atomic E-state index is 0.121. The lowest BCUT2D eigenvalue weighted by Gasteiger charge is -2.15. The Kier molecular flexibility index (Phi) is 15.7. The van der Waals surface area contributed by atoms with Crippen molar-refractivity contribution in [2.24, 2.45) is 0 Å². The normalized spacial score (nSPS) is 14.3. The number of nitrogens with zero attached hydrogens (tertiary/aromatic N) is 1. The molecule has 0 aromatic rings. The lowest BCUT2D eigenvalue weighted by atomic mass is 10.1. The van der Waals surface area contributed by atoms with Crippen LogP contribution in [0.1, 0.15) is 110 Å². The number of ether oxygens (including phenoxy) is 1. The summed E-state index contributed by atoms with van der Waals surface area (Å²) in [6.07, 6.45) is 23.1. The van der Waals surface area contributed by atoms with Crippen LogP contribution >= 0.6 is 0 Å². The average molecular weight is 394 g/mol. The fourth-order valence-electron chi connectivity index (χ4n) is 3.62. The number of likely N-dealkylation sites (tertiary alicyclic amines) is 1. The molecule has 1 saturated heterocycles. The van der Waals surface area contributed by atoms with Crippen molar-refractivity contribution in [3.8, 4) is 0 Å². The smallest absolute Gasteiger partial charge is 0.305 e. The molecule has 0 bridgehead atoms. The molecule has 0 N–H and O–H groups in total. The monoisotopic (exact) mass is 393 g/mol. The van der Waals surface area contributed by atoms with Crippen molar-refractivity contribution < 1.29 is 14.3 Å². The summed E-state index contributed by atoms with van der Waals surface area (Å²) < 4.78 is 5.23. The molecule has 1 rings (SSSR count). The highest BCUT2D eigenvalue weighted by Crippen LogP contribution is 2.11. The van der Waals surface area contributed by atoms with Crippen LogP contribution in [0.15, 0.2) is 12.2 Å². The van der Waals surface area contributed by atoms with Gasteiger partial charge in [0.2, 0.25) is 5.91 Å². The first kappa shape index (κ1) is 24.7. The molecule has 1 aliphatic rings. The van der Waals surface area contributed by atoms with Gasteiger partial charge in [-0.15, -0.1) is 0 Å². The van der Waals surface area contributed by atoms with Gasteiger partial charge < -0.3 is 9.64 Å². The van der Waals surface area contributed by atoms with E-state index in [0.717, 1.165) is 25.8 Å². The van der Waals surface area contributed by atoms with Gasteiger partial charge in [-0.1, -0.05) is 70.4 Å². The molecule has 162 valence electrons. The minimum atomic E-state index is -0.121. The number of amides is 1. The number of allylic oxidation sites excluding steroid dienone is 2. The zero-order valence-corrected chi connectivity index (χ0v) is 18.3. The number of hydrogen-bond donors (Lipinski definition) is 0. The highest BCUT2D eigenvalue weighted by Gasteiger charge is 2.19. The Hall–Kier alpha value is -1.32. The van der Waals surface area contributed by atoms with Gasteiger partial charge in [-0.3, -0.25) is 9.59 Å². The van der Waals surface area contributed by atoms with Crippen molar-refractivity contribution in [3.63, 3.8) is 0 Å². The van der Waals surface area contributed by atoms with Gasteiger partial charge in [-0.05, 0) is 38.5 Å². The standard InChI is InChI=1S/C24H43NO3/c1-2-3-4-5-6-7-8-9-10-11-12-13-14-15-16-19-24(27)28-22-21-25-20-17-18-23(25)26/h9-10H,2-8,11-22H2,1H3/b10-9-. The largest absolute Gasteiger partial charge is 0.464 e. The summed E-state index contributed by atoms with van der Waals surface area (Å²) in [6.45, 7) is 3.97. The van der Waals surface area contributed by atoms with Gasteiger partial charge in [0.05, 0.1) is 6.54 Å². The quantitative estimate of drug-likeness (QED) is 0.158. The molecule has 0 aliphatic carbocycles. The summed E-state index contributed by atoms with van der Waals surface area (Å²) in [6, 6.07) is 0. The SMILES string of the molecule is CCCCCCCC/C=C\CCCCCCCC(=O)OCCN1CCCC1=O. The second kappa shape index (κ2) is 17.8. The van der Waals surface area contributed by atoms with E-state index in [1.54, 1.807) is 4.90 Å². The molecule has 28 heavy (non-hydrogen) atoms. The number of esters is 1. The number of rotatable bonds is 18. The van der Waals surface area contributed by atoms with Crippen LogP contribution in [0.25, 0.3) is 0 Å². The lowest BCUT2D eigenvalue weighted by molar-refractivity contribution is -0.145. The maximum atomic E-state index is 11.7. The van der Waals surface area contributed by atoms with E-state index in [1.807, 2.05) is 0 Å². The molecule has 1 aliphatic heterocycles. The van der Waals surface area contributed by atoms with Gasteiger partial charge >= 0.3 is 5.97 Å². The van der Waals surface area contributed by atoms with Gasteiger partial charge in [0.15, 0.2) is 0 Å². The van der Waals surface area contributed by atoms with Crippen LogP contribution in [0.3, 0.4) is 0 Å². The van der Waals surface area contributed by atoms with Crippen LogP contribution in [0.4, 0.5) is 0 Å². The molecule has 0 aromatic heterocycles. The summed E-state index contributed by atoms with van der Waals surface area (Å²) in [5.74, 6) is 0.0672. The van der Waals surface area contributed by atoms with E-state index in [2.05, 4.69) is 19.1 Å². The molecular formula is C24H43NO3. The Morgan fingerprint density at radius 3 is 2.14 bits per heavy atom. The molecule has 0 unspecified atom stereocenters. The average Bonchev–Trinajstić information content (AvgIpc) is 3.10. The zero-order chi connectivity index (χ0) is 20.3. The Bertz CT molecular complexity index is 434. The summed E-state index contributed by atoms with van der Waals surface area (Å²) >= 11 is 0. The van der Waals surface area contributed by atoms with Crippen LogP contribution in [0.5, 0.6) is 0 Å². The van der Waals surface area contributed by atoms with E-state index < -0.39 is 0 Å². The van der Waals surface area contributed by atoms with E-state index >= 15 is 0 Å². The molecule has 4 nitrogen and oxygen atoms in total. The van der Waals surface area contributed by atoms with Crippen molar-refractivity contribution in [3.05, 3.63) is 12.2 Å². The topological polar surface area (TPSA) is 46.6 Å².